The third-order valence-corrected chi connectivity index (χ3v) is 7.59. The highest BCUT2D eigenvalue weighted by Gasteiger charge is 2.56. The van der Waals surface area contributed by atoms with E-state index in [1.54, 1.807) is 37.0 Å². The van der Waals surface area contributed by atoms with Crippen molar-refractivity contribution < 1.29 is 42.5 Å². The van der Waals surface area contributed by atoms with Crippen molar-refractivity contribution in [1.29, 1.82) is 0 Å². The van der Waals surface area contributed by atoms with Gasteiger partial charge in [-0.3, -0.25) is 23.7 Å². The number of hydrogen-bond donors (Lipinski definition) is 3. The van der Waals surface area contributed by atoms with Gasteiger partial charge in [0.05, 0.1) is 31.0 Å². The monoisotopic (exact) mass is 554 g/mol. The molecule has 0 spiro atoms. The van der Waals surface area contributed by atoms with Crippen molar-refractivity contribution in [3.63, 3.8) is 0 Å². The van der Waals surface area contributed by atoms with Crippen molar-refractivity contribution in [2.75, 3.05) is 12.8 Å². The van der Waals surface area contributed by atoms with E-state index in [2.05, 4.69) is 0 Å². The zero-order valence-electron chi connectivity index (χ0n) is 20.8. The maximum absolute atomic E-state index is 13.9. The van der Waals surface area contributed by atoms with Crippen LogP contribution >= 0.6 is 7.60 Å². The molecule has 1 saturated heterocycles. The van der Waals surface area contributed by atoms with E-state index in [9.17, 15) is 33.6 Å². The number of esters is 1. The molecule has 0 saturated carbocycles. The highest BCUT2D eigenvalue weighted by atomic mass is 31.2. The molecule has 1 aliphatic rings. The molecule has 38 heavy (non-hydrogen) atoms. The number of aromatic amines is 1. The van der Waals surface area contributed by atoms with E-state index in [0.29, 0.717) is 10.8 Å². The second kappa shape index (κ2) is 11.6. The summed E-state index contributed by atoms with van der Waals surface area (Å²) in [6.07, 6.45) is -0.208. The van der Waals surface area contributed by atoms with Gasteiger partial charge in [0.2, 0.25) is 5.82 Å². The summed E-state index contributed by atoms with van der Waals surface area (Å²) < 4.78 is 49.9. The van der Waals surface area contributed by atoms with Crippen LogP contribution in [0, 0.1) is 24.1 Å². The van der Waals surface area contributed by atoms with Gasteiger partial charge >= 0.3 is 19.3 Å². The molecule has 2 aromatic rings. The quantitative estimate of drug-likeness (QED) is 0.220. The fourth-order valence-corrected chi connectivity index (χ4v) is 5.55. The number of nitrogens with one attached hydrogen (secondary N) is 1. The van der Waals surface area contributed by atoms with Crippen LogP contribution in [0.4, 0.5) is 4.39 Å². The van der Waals surface area contributed by atoms with Crippen molar-refractivity contribution in [3.8, 4) is 18.1 Å². The molecule has 2 heterocycles. The highest BCUT2D eigenvalue weighted by molar-refractivity contribution is 7.54. The van der Waals surface area contributed by atoms with Crippen LogP contribution in [0.2, 0.25) is 0 Å². The number of aliphatic hydroxyl groups is 2. The largest absolute Gasteiger partial charge is 0.463 e. The lowest BCUT2D eigenvalue weighted by Crippen LogP contribution is -2.48. The predicted molar refractivity (Wildman–Crippen MR) is 131 cm³/mol. The molecule has 1 aromatic carbocycles. The zero-order valence-corrected chi connectivity index (χ0v) is 21.7. The smallest absolute Gasteiger partial charge is 0.380 e. The summed E-state index contributed by atoms with van der Waals surface area (Å²) in [4.78, 5) is 37.7. The van der Waals surface area contributed by atoms with Crippen LogP contribution in [0.3, 0.4) is 0 Å². The average molecular weight is 554 g/mol. The van der Waals surface area contributed by atoms with Crippen LogP contribution in [-0.2, 0) is 23.4 Å². The molecule has 6 atom stereocenters. The molecule has 0 unspecified atom stereocenters. The van der Waals surface area contributed by atoms with Gasteiger partial charge in [0, 0.05) is 0 Å². The maximum Gasteiger partial charge on any atom is 0.380 e. The summed E-state index contributed by atoms with van der Waals surface area (Å²) in [6, 6.07) is 7.97. The molecule has 0 radical (unpaired) electrons. The lowest BCUT2D eigenvalue weighted by atomic mass is 9.95. The summed E-state index contributed by atoms with van der Waals surface area (Å²) in [6.45, 7) is 4.10. The van der Waals surface area contributed by atoms with E-state index in [-0.39, 0.29) is 5.75 Å². The fraction of sp³-hybridized carbons (Fsp3) is 0.458. The van der Waals surface area contributed by atoms with Crippen molar-refractivity contribution >= 4 is 13.6 Å². The molecule has 0 aliphatic carbocycles. The Labute approximate surface area is 216 Å². The second-order valence-electron chi connectivity index (χ2n) is 8.97. The Kier molecular flexibility index (Phi) is 8.97. The van der Waals surface area contributed by atoms with Crippen LogP contribution in [0.5, 0.6) is 5.75 Å². The molecule has 1 aromatic heterocycles. The molecule has 206 valence electrons. The second-order valence-corrected chi connectivity index (χ2v) is 11.0. The van der Waals surface area contributed by atoms with Gasteiger partial charge in [0.15, 0.2) is 11.8 Å². The maximum atomic E-state index is 13.9. The van der Waals surface area contributed by atoms with Crippen LogP contribution in [-0.4, -0.2) is 62.4 Å². The van der Waals surface area contributed by atoms with Gasteiger partial charge in [-0.05, 0) is 26.0 Å². The number of carbonyl (C=O) groups excluding carboxylic acids is 1. The number of H-pyrrole nitrogens is 1. The number of terminal acetylenes is 1. The standard InChI is InChI=1S/C24H28FN2O10P/c1-5-24(32)19(28)18(36-22(24)27-11-17(25)20(29)26-23(27)31)12-34-38(33,37-16-9-7-6-8-10-16)13-15(4)21(30)35-14(2)3/h1,6-11,14-15,18-19,22,28,32H,12-13H2,2-4H3,(H,26,29,31)/t15-,18-,19-,22-,24-,38+/m1/s1. The van der Waals surface area contributed by atoms with E-state index in [1.165, 1.54) is 19.1 Å². The minimum Gasteiger partial charge on any atom is -0.463 e. The van der Waals surface area contributed by atoms with Gasteiger partial charge in [0.1, 0.15) is 18.0 Å². The number of carbonyl (C=O) groups is 1. The van der Waals surface area contributed by atoms with E-state index in [0.717, 1.165) is 0 Å². The Bertz CT molecular complexity index is 1350. The Balaban J connectivity index is 1.86. The molecule has 14 heteroatoms. The Hall–Kier alpha value is -3.27. The lowest BCUT2D eigenvalue weighted by molar-refractivity contribution is -0.151. The van der Waals surface area contributed by atoms with Gasteiger partial charge in [0.25, 0.3) is 5.56 Å². The predicted octanol–water partition coefficient (Wildman–Crippen LogP) is 1.17. The Morgan fingerprint density at radius 1 is 1.32 bits per heavy atom. The summed E-state index contributed by atoms with van der Waals surface area (Å²) in [5, 5.41) is 21.6. The third kappa shape index (κ3) is 6.40. The van der Waals surface area contributed by atoms with Crippen LogP contribution in [0.25, 0.3) is 0 Å². The van der Waals surface area contributed by atoms with Gasteiger partial charge < -0.3 is 24.2 Å². The molecule has 0 amide bonds. The summed E-state index contributed by atoms with van der Waals surface area (Å²) in [5.74, 6) is -0.838. The lowest BCUT2D eigenvalue weighted by Gasteiger charge is -2.26. The molecule has 3 N–H and O–H groups in total. The van der Waals surface area contributed by atoms with Gasteiger partial charge in [-0.1, -0.05) is 31.0 Å². The number of benzene rings is 1. The Morgan fingerprint density at radius 3 is 2.58 bits per heavy atom. The first-order chi connectivity index (χ1) is 17.8. The number of aliphatic hydroxyl groups excluding tert-OH is 1. The number of ether oxygens (including phenoxy) is 2. The zero-order chi connectivity index (χ0) is 28.3. The molecular weight excluding hydrogens is 526 g/mol. The first-order valence-electron chi connectivity index (χ1n) is 11.5. The topological polar surface area (TPSA) is 166 Å². The SMILES string of the molecule is C#C[C@@]1(O)[C@H](O)[C@@H](CO[P@@](=O)(C[C@@H](C)C(=O)OC(C)C)Oc2ccccc2)O[C@H]1n1cc(F)c(=O)[nH]c1=O. The van der Waals surface area contributed by atoms with E-state index >= 15 is 0 Å². The summed E-state index contributed by atoms with van der Waals surface area (Å²) in [7, 11) is -4.14. The number of rotatable bonds is 10. The first kappa shape index (κ1) is 29.3. The van der Waals surface area contributed by atoms with Gasteiger partial charge in [-0.2, -0.15) is 4.39 Å². The average Bonchev–Trinajstić information content (AvgIpc) is 3.10. The third-order valence-electron chi connectivity index (χ3n) is 5.57. The number of halogens is 1. The van der Waals surface area contributed by atoms with Gasteiger partial charge in [-0.15, -0.1) is 6.42 Å². The molecular formula is C24H28FN2O10P. The molecule has 1 aliphatic heterocycles. The molecule has 1 fully saturated rings. The Morgan fingerprint density at radius 2 is 1.97 bits per heavy atom. The van der Waals surface area contributed by atoms with Crippen molar-refractivity contribution in [3.05, 3.63) is 63.2 Å². The summed E-state index contributed by atoms with van der Waals surface area (Å²) >= 11 is 0. The number of hydrogen-bond acceptors (Lipinski definition) is 10. The minimum atomic E-state index is -4.14. The van der Waals surface area contributed by atoms with Gasteiger partial charge in [-0.25, -0.2) is 9.36 Å². The normalized spacial score (nSPS) is 25.4. The van der Waals surface area contributed by atoms with E-state index < -0.39 is 79.5 Å². The van der Waals surface area contributed by atoms with Crippen LogP contribution < -0.4 is 15.8 Å². The summed E-state index contributed by atoms with van der Waals surface area (Å²) in [5.41, 5.74) is -5.04. The molecule has 3 rings (SSSR count). The first-order valence-corrected chi connectivity index (χ1v) is 13.3. The van der Waals surface area contributed by atoms with Crippen molar-refractivity contribution in [2.24, 2.45) is 5.92 Å². The number of aromatic nitrogens is 2. The molecule has 0 bridgehead atoms. The van der Waals surface area contributed by atoms with Crippen LogP contribution in [0.1, 0.15) is 27.0 Å². The van der Waals surface area contributed by atoms with Crippen molar-refractivity contribution in [1.82, 2.24) is 9.55 Å². The highest BCUT2D eigenvalue weighted by Crippen LogP contribution is 2.51. The minimum absolute atomic E-state index is 0.168. The van der Waals surface area contributed by atoms with Crippen molar-refractivity contribution in [2.45, 2.75) is 50.9 Å². The number of nitrogens with zero attached hydrogens (tertiary/aromatic N) is 1. The van der Waals surface area contributed by atoms with Crippen LogP contribution in [0.15, 0.2) is 46.1 Å². The van der Waals surface area contributed by atoms with E-state index in [1.807, 2.05) is 5.92 Å². The fourth-order valence-electron chi connectivity index (χ4n) is 3.68. The molecule has 12 nitrogen and oxygen atoms in total. The van der Waals surface area contributed by atoms with E-state index in [4.69, 9.17) is 24.9 Å². The number of para-hydroxylation sites is 1.